The fraction of sp³-hybridized carbons (Fsp3) is 0.231. The van der Waals surface area contributed by atoms with Crippen molar-refractivity contribution in [1.82, 2.24) is 9.78 Å². The minimum absolute atomic E-state index is 0.0523. The van der Waals surface area contributed by atoms with Gasteiger partial charge in [-0.1, -0.05) is 22.0 Å². The Kier molecular flexibility index (Phi) is 3.81. The maximum absolute atomic E-state index is 11.6. The number of ether oxygens (including phenoxy) is 1. The van der Waals surface area contributed by atoms with E-state index in [1.54, 1.807) is 17.9 Å². The maximum atomic E-state index is 11.6. The van der Waals surface area contributed by atoms with Crippen molar-refractivity contribution in [3.05, 3.63) is 51.9 Å². The number of halogens is 1. The molecule has 0 atom stereocenters. The molecule has 0 radical (unpaired) electrons. The predicted molar refractivity (Wildman–Crippen MR) is 73.8 cm³/mol. The molecule has 0 amide bonds. The molecule has 1 aromatic heterocycles. The Hall–Kier alpha value is -1.62. The Bertz CT molecular complexity index is 623. The maximum Gasteiger partial charge on any atom is 0.204 e. The van der Waals surface area contributed by atoms with Gasteiger partial charge in [-0.3, -0.25) is 4.79 Å². The summed E-state index contributed by atoms with van der Waals surface area (Å²) < 4.78 is 6.92. The monoisotopic (exact) mass is 308 g/mol. The molecule has 0 aliphatic rings. The Morgan fingerprint density at radius 1 is 1.39 bits per heavy atom. The fourth-order valence-corrected chi connectivity index (χ4v) is 2.07. The van der Waals surface area contributed by atoms with E-state index in [0.717, 1.165) is 17.1 Å². The summed E-state index contributed by atoms with van der Waals surface area (Å²) >= 11 is 3.27. The van der Waals surface area contributed by atoms with Crippen molar-refractivity contribution in [1.29, 1.82) is 0 Å². The lowest BCUT2D eigenvalue weighted by molar-refractivity contribution is 0.414. The highest BCUT2D eigenvalue weighted by molar-refractivity contribution is 9.08. The number of alkyl halides is 1. The van der Waals surface area contributed by atoms with Gasteiger partial charge >= 0.3 is 0 Å². The average molecular weight is 309 g/mol. The van der Waals surface area contributed by atoms with E-state index in [1.807, 2.05) is 31.2 Å². The molecule has 4 nitrogen and oxygen atoms in total. The Balaban J connectivity index is 2.59. The van der Waals surface area contributed by atoms with E-state index in [9.17, 15) is 4.79 Å². The average Bonchev–Trinajstić information content (AvgIpc) is 2.39. The minimum atomic E-state index is -0.0523. The van der Waals surface area contributed by atoms with E-state index in [1.165, 1.54) is 0 Å². The summed E-state index contributed by atoms with van der Waals surface area (Å²) in [5.41, 5.74) is 2.10. The lowest BCUT2D eigenvalue weighted by Crippen LogP contribution is -2.17. The molecular formula is C13H13BrN2O2. The van der Waals surface area contributed by atoms with Crippen LogP contribution in [0.2, 0.25) is 0 Å². The Morgan fingerprint density at radius 2 is 2.17 bits per heavy atom. The molecule has 0 N–H and O–H groups in total. The zero-order valence-electron chi connectivity index (χ0n) is 10.2. The van der Waals surface area contributed by atoms with Crippen LogP contribution in [-0.2, 0) is 5.33 Å². The van der Waals surface area contributed by atoms with Gasteiger partial charge in [0, 0.05) is 17.8 Å². The molecule has 0 saturated heterocycles. The molecule has 0 fully saturated rings. The van der Waals surface area contributed by atoms with Gasteiger partial charge in [0.15, 0.2) is 0 Å². The highest BCUT2D eigenvalue weighted by Crippen LogP contribution is 2.16. The van der Waals surface area contributed by atoms with E-state index in [2.05, 4.69) is 21.0 Å². The van der Waals surface area contributed by atoms with Crippen molar-refractivity contribution < 1.29 is 4.74 Å². The number of hydrogen-bond acceptors (Lipinski definition) is 3. The first-order valence-electron chi connectivity index (χ1n) is 5.46. The van der Waals surface area contributed by atoms with E-state index in [-0.39, 0.29) is 5.43 Å². The molecule has 0 aliphatic carbocycles. The third-order valence-corrected chi connectivity index (χ3v) is 3.13. The van der Waals surface area contributed by atoms with Crippen molar-refractivity contribution in [3.63, 3.8) is 0 Å². The second-order valence-corrected chi connectivity index (χ2v) is 4.40. The van der Waals surface area contributed by atoms with Gasteiger partial charge in [-0.15, -0.1) is 0 Å². The summed E-state index contributed by atoms with van der Waals surface area (Å²) in [5, 5.41) is 4.78. The van der Waals surface area contributed by atoms with Crippen LogP contribution in [0.5, 0.6) is 5.75 Å². The van der Waals surface area contributed by atoms with E-state index >= 15 is 0 Å². The first-order valence-corrected chi connectivity index (χ1v) is 6.58. The highest BCUT2D eigenvalue weighted by atomic mass is 79.9. The molecule has 2 aromatic rings. The molecule has 0 saturated carbocycles. The van der Waals surface area contributed by atoms with E-state index in [4.69, 9.17) is 4.74 Å². The third kappa shape index (κ3) is 2.46. The van der Waals surface area contributed by atoms with E-state index < -0.39 is 0 Å². The van der Waals surface area contributed by atoms with Crippen LogP contribution >= 0.6 is 15.9 Å². The summed E-state index contributed by atoms with van der Waals surface area (Å²) in [6.07, 6.45) is 0. The van der Waals surface area contributed by atoms with Gasteiger partial charge in [-0.25, -0.2) is 4.68 Å². The lowest BCUT2D eigenvalue weighted by Gasteiger charge is -2.11. The normalized spacial score (nSPS) is 10.4. The summed E-state index contributed by atoms with van der Waals surface area (Å²) in [5.74, 6) is 0.757. The van der Waals surface area contributed by atoms with Crippen molar-refractivity contribution in [2.45, 2.75) is 12.3 Å². The molecule has 0 unspecified atom stereocenters. The van der Waals surface area contributed by atoms with Crippen LogP contribution in [0.1, 0.15) is 11.4 Å². The quantitative estimate of drug-likeness (QED) is 0.818. The van der Waals surface area contributed by atoms with Gasteiger partial charge in [0.1, 0.15) is 11.4 Å². The molecule has 94 valence electrons. The minimum Gasteiger partial charge on any atom is -0.497 e. The first-order chi connectivity index (χ1) is 8.65. The van der Waals surface area contributed by atoms with Crippen molar-refractivity contribution in [2.75, 3.05) is 7.11 Å². The fourth-order valence-electron chi connectivity index (χ4n) is 1.68. The number of nitrogens with zero attached hydrogens (tertiary/aromatic N) is 2. The third-order valence-electron chi connectivity index (χ3n) is 2.60. The van der Waals surface area contributed by atoms with Gasteiger partial charge in [0.05, 0.1) is 18.1 Å². The smallest absolute Gasteiger partial charge is 0.204 e. The topological polar surface area (TPSA) is 44.1 Å². The number of rotatable bonds is 3. The van der Waals surface area contributed by atoms with E-state index in [0.29, 0.717) is 11.0 Å². The standard InChI is InChI=1S/C13H13BrN2O2/c1-9-6-13(17)12(8-14)15-16(9)10-4-3-5-11(7-10)18-2/h3-7H,8H2,1-2H3. The zero-order valence-corrected chi connectivity index (χ0v) is 11.8. The number of aromatic nitrogens is 2. The van der Waals surface area contributed by atoms with Gasteiger partial charge in [-0.2, -0.15) is 5.10 Å². The Morgan fingerprint density at radius 3 is 2.83 bits per heavy atom. The molecule has 0 aliphatic heterocycles. The number of aryl methyl sites for hydroxylation is 1. The first kappa shape index (κ1) is 12.8. The van der Waals surface area contributed by atoms with Gasteiger partial charge < -0.3 is 4.74 Å². The molecule has 1 heterocycles. The second-order valence-electron chi connectivity index (χ2n) is 3.84. The Labute approximate surface area is 113 Å². The lowest BCUT2D eigenvalue weighted by atomic mass is 10.2. The molecule has 5 heteroatoms. The summed E-state index contributed by atoms with van der Waals surface area (Å²) in [6.45, 7) is 1.85. The van der Waals surface area contributed by atoms with Crippen LogP contribution in [0.4, 0.5) is 0 Å². The molecular weight excluding hydrogens is 296 g/mol. The molecule has 1 aromatic carbocycles. The van der Waals surface area contributed by atoms with Crippen LogP contribution < -0.4 is 10.2 Å². The van der Waals surface area contributed by atoms with Crippen molar-refractivity contribution in [3.8, 4) is 11.4 Å². The van der Waals surface area contributed by atoms with Crippen LogP contribution in [-0.4, -0.2) is 16.9 Å². The number of hydrogen-bond donors (Lipinski definition) is 0. The zero-order chi connectivity index (χ0) is 13.1. The highest BCUT2D eigenvalue weighted by Gasteiger charge is 2.07. The number of benzene rings is 1. The predicted octanol–water partition coefficient (Wildman–Crippen LogP) is 2.44. The van der Waals surface area contributed by atoms with Crippen LogP contribution in [0.25, 0.3) is 5.69 Å². The largest absolute Gasteiger partial charge is 0.497 e. The van der Waals surface area contributed by atoms with Gasteiger partial charge in [0.25, 0.3) is 0 Å². The summed E-state index contributed by atoms with van der Waals surface area (Å²) in [4.78, 5) is 11.6. The molecule has 2 rings (SSSR count). The molecule has 0 spiro atoms. The van der Waals surface area contributed by atoms with Crippen LogP contribution in [0.3, 0.4) is 0 Å². The summed E-state index contributed by atoms with van der Waals surface area (Å²) in [6, 6.07) is 9.14. The molecule has 18 heavy (non-hydrogen) atoms. The van der Waals surface area contributed by atoms with Crippen molar-refractivity contribution in [2.24, 2.45) is 0 Å². The molecule has 0 bridgehead atoms. The SMILES string of the molecule is COc1cccc(-n2nc(CBr)c(=O)cc2C)c1. The van der Waals surface area contributed by atoms with Crippen molar-refractivity contribution >= 4 is 15.9 Å². The van der Waals surface area contributed by atoms with Crippen LogP contribution in [0.15, 0.2) is 35.1 Å². The van der Waals surface area contributed by atoms with Crippen LogP contribution in [0, 0.1) is 6.92 Å². The number of methoxy groups -OCH3 is 1. The second kappa shape index (κ2) is 5.35. The van der Waals surface area contributed by atoms with Gasteiger partial charge in [0.2, 0.25) is 5.43 Å². The summed E-state index contributed by atoms with van der Waals surface area (Å²) in [7, 11) is 1.62. The van der Waals surface area contributed by atoms with Gasteiger partial charge in [-0.05, 0) is 19.1 Å².